The number of benzene rings is 2. The van der Waals surface area contributed by atoms with Crippen molar-refractivity contribution in [2.75, 3.05) is 13.7 Å². The molecule has 0 fully saturated rings. The van der Waals surface area contributed by atoms with E-state index in [1.807, 2.05) is 12.1 Å². The van der Waals surface area contributed by atoms with Crippen molar-refractivity contribution in [3.05, 3.63) is 58.6 Å². The van der Waals surface area contributed by atoms with Gasteiger partial charge in [0.1, 0.15) is 6.10 Å². The fourth-order valence-corrected chi connectivity index (χ4v) is 4.55. The van der Waals surface area contributed by atoms with E-state index in [1.54, 1.807) is 12.1 Å². The van der Waals surface area contributed by atoms with Crippen molar-refractivity contribution in [3.8, 4) is 11.5 Å². The van der Waals surface area contributed by atoms with Gasteiger partial charge in [-0.05, 0) is 61.4 Å². The van der Waals surface area contributed by atoms with Gasteiger partial charge in [0, 0.05) is 18.6 Å². The number of para-hydroxylation sites is 1. The third kappa shape index (κ3) is 7.87. The Bertz CT molecular complexity index is 1060. The van der Waals surface area contributed by atoms with Crippen LogP contribution in [0.1, 0.15) is 63.9 Å². The highest BCUT2D eigenvalue weighted by atomic mass is 16.5. The van der Waals surface area contributed by atoms with Gasteiger partial charge in [0.25, 0.3) is 0 Å². The lowest BCUT2D eigenvalue weighted by Crippen LogP contribution is -2.23. The molecule has 3 rings (SSSR count). The van der Waals surface area contributed by atoms with Gasteiger partial charge >= 0.3 is 5.97 Å². The molecule has 0 aliphatic carbocycles. The van der Waals surface area contributed by atoms with Crippen LogP contribution < -0.4 is 15.3 Å². The van der Waals surface area contributed by atoms with Crippen LogP contribution in [0.25, 0.3) is 5.57 Å². The normalized spacial score (nSPS) is 14.3. The largest absolute Gasteiger partial charge is 0.504 e. The van der Waals surface area contributed by atoms with Gasteiger partial charge in [0.05, 0.1) is 25.1 Å². The Morgan fingerprint density at radius 1 is 1.06 bits per heavy atom. The highest BCUT2D eigenvalue weighted by Gasteiger charge is 2.18. The van der Waals surface area contributed by atoms with Gasteiger partial charge in [0.2, 0.25) is 0 Å². The second-order valence-electron chi connectivity index (χ2n) is 9.06. The zero-order valence-corrected chi connectivity index (χ0v) is 20.3. The van der Waals surface area contributed by atoms with E-state index in [2.05, 4.69) is 23.2 Å². The molecular weight excluding hydrogens is 430 g/mol. The fourth-order valence-electron chi connectivity index (χ4n) is 4.55. The molecule has 184 valence electrons. The molecule has 1 aliphatic heterocycles. The minimum absolute atomic E-state index is 0.0971. The number of fused-ring (bicyclic) bond motifs is 1. The molecule has 2 aromatic rings. The molecule has 0 bridgehead atoms. The highest BCUT2D eigenvalue weighted by molar-refractivity contribution is 5.66. The lowest BCUT2D eigenvalue weighted by Gasteiger charge is -2.20. The smallest absolute Gasteiger partial charge is 0.302 e. The second kappa shape index (κ2) is 13.1. The summed E-state index contributed by atoms with van der Waals surface area (Å²) >= 11 is 0. The van der Waals surface area contributed by atoms with Crippen LogP contribution >= 0.6 is 0 Å². The van der Waals surface area contributed by atoms with Crippen LogP contribution in [0, 0.1) is 0 Å². The number of rotatable bonds is 14. The number of nitrogens with zero attached hydrogens (tertiary/aromatic N) is 1. The molecule has 1 heterocycles. The van der Waals surface area contributed by atoms with E-state index in [9.17, 15) is 15.0 Å². The Kier molecular flexibility index (Phi) is 9.95. The summed E-state index contributed by atoms with van der Waals surface area (Å²) in [7, 11) is 1.51. The van der Waals surface area contributed by atoms with Crippen molar-refractivity contribution in [2.45, 2.75) is 76.9 Å². The van der Waals surface area contributed by atoms with Gasteiger partial charge in [-0.25, -0.2) is 0 Å². The SMILES string of the molecule is COc1cc(CC[C@H](C[C@@H](O)CCCCCCC2=c3ccccc3=NC2)OC(C)=O)ccc1O. The minimum atomic E-state index is -0.492. The van der Waals surface area contributed by atoms with Crippen molar-refractivity contribution < 1.29 is 24.5 Å². The molecule has 0 saturated carbocycles. The summed E-state index contributed by atoms with van der Waals surface area (Å²) in [6.45, 7) is 2.23. The van der Waals surface area contributed by atoms with Crippen LogP contribution in [0.3, 0.4) is 0 Å². The average Bonchev–Trinajstić information content (AvgIpc) is 3.23. The number of aromatic hydroxyl groups is 1. The molecule has 0 aromatic heterocycles. The maximum absolute atomic E-state index is 11.5. The second-order valence-corrected chi connectivity index (χ2v) is 9.06. The van der Waals surface area contributed by atoms with E-state index in [1.165, 1.54) is 24.8 Å². The standard InChI is InChI=1S/C28H37NO5/c1-20(30)34-24(15-13-21-14-16-27(32)28(17-21)33-2)18-23(31)10-6-4-3-5-9-22-19-29-26-12-8-7-11-25(22)26/h7-8,11-12,14,16-17,23-24,31-32H,3-6,9-10,13,15,18-19H2,1-2H3/t23-,24+/m0/s1. The summed E-state index contributed by atoms with van der Waals surface area (Å²) in [4.78, 5) is 16.1. The molecule has 0 unspecified atom stereocenters. The van der Waals surface area contributed by atoms with Crippen LogP contribution in [0.5, 0.6) is 11.5 Å². The summed E-state index contributed by atoms with van der Waals surface area (Å²) < 4.78 is 10.6. The monoisotopic (exact) mass is 467 g/mol. The molecule has 2 aromatic carbocycles. The molecule has 1 aliphatic rings. The molecule has 0 spiro atoms. The third-order valence-electron chi connectivity index (χ3n) is 6.36. The number of esters is 1. The van der Waals surface area contributed by atoms with Crippen molar-refractivity contribution in [1.82, 2.24) is 0 Å². The molecular formula is C28H37NO5. The van der Waals surface area contributed by atoms with Crippen LogP contribution in [-0.4, -0.2) is 42.0 Å². The Labute approximate surface area is 202 Å². The number of aliphatic hydroxyl groups is 1. The number of aryl methyl sites for hydroxylation is 1. The molecule has 2 atom stereocenters. The zero-order valence-electron chi connectivity index (χ0n) is 20.3. The number of methoxy groups -OCH3 is 1. The van der Waals surface area contributed by atoms with Gasteiger partial charge in [-0.15, -0.1) is 0 Å². The Balaban J connectivity index is 1.37. The average molecular weight is 468 g/mol. The van der Waals surface area contributed by atoms with E-state index in [0.717, 1.165) is 49.6 Å². The number of phenolic OH excluding ortho intramolecular Hbond substituents is 1. The lowest BCUT2D eigenvalue weighted by atomic mass is 9.98. The molecule has 6 heteroatoms. The van der Waals surface area contributed by atoms with Gasteiger partial charge in [-0.3, -0.25) is 9.79 Å². The third-order valence-corrected chi connectivity index (χ3v) is 6.36. The summed E-state index contributed by atoms with van der Waals surface area (Å²) in [6.07, 6.45) is 6.97. The maximum atomic E-state index is 11.5. The first-order chi connectivity index (χ1) is 16.5. The van der Waals surface area contributed by atoms with Crippen molar-refractivity contribution in [2.24, 2.45) is 4.99 Å². The van der Waals surface area contributed by atoms with Crippen LogP contribution in [-0.2, 0) is 16.0 Å². The van der Waals surface area contributed by atoms with Crippen LogP contribution in [0.4, 0.5) is 0 Å². The summed E-state index contributed by atoms with van der Waals surface area (Å²) in [5.74, 6) is 0.185. The summed E-state index contributed by atoms with van der Waals surface area (Å²) in [6, 6.07) is 13.6. The number of ether oxygens (including phenoxy) is 2. The zero-order chi connectivity index (χ0) is 24.3. The quantitative estimate of drug-likeness (QED) is 0.326. The van der Waals surface area contributed by atoms with Crippen molar-refractivity contribution in [3.63, 3.8) is 0 Å². The molecule has 0 radical (unpaired) electrons. The molecule has 6 nitrogen and oxygen atoms in total. The fraction of sp³-hybridized carbons (Fsp3) is 0.500. The van der Waals surface area contributed by atoms with Crippen molar-refractivity contribution in [1.29, 1.82) is 0 Å². The van der Waals surface area contributed by atoms with E-state index >= 15 is 0 Å². The minimum Gasteiger partial charge on any atom is -0.504 e. The number of carbonyl (C=O) groups excluding carboxylic acids is 1. The van der Waals surface area contributed by atoms with E-state index in [0.29, 0.717) is 31.4 Å². The molecule has 2 N–H and O–H groups in total. The first kappa shape index (κ1) is 25.8. The van der Waals surface area contributed by atoms with Gasteiger partial charge in [-0.1, -0.05) is 43.5 Å². The number of aliphatic hydroxyl groups excluding tert-OH is 1. The highest BCUT2D eigenvalue weighted by Crippen LogP contribution is 2.27. The van der Waals surface area contributed by atoms with Gasteiger partial charge in [-0.2, -0.15) is 0 Å². The first-order valence-corrected chi connectivity index (χ1v) is 12.3. The van der Waals surface area contributed by atoms with Gasteiger partial charge in [0.15, 0.2) is 11.5 Å². The number of hydrogen-bond donors (Lipinski definition) is 2. The molecule has 34 heavy (non-hydrogen) atoms. The van der Waals surface area contributed by atoms with E-state index < -0.39 is 6.10 Å². The molecule has 0 amide bonds. The Hall–Kier alpha value is -2.86. The lowest BCUT2D eigenvalue weighted by molar-refractivity contribution is -0.148. The van der Waals surface area contributed by atoms with Crippen LogP contribution in [0.15, 0.2) is 47.5 Å². The molecule has 0 saturated heterocycles. The predicted molar refractivity (Wildman–Crippen MR) is 132 cm³/mol. The Morgan fingerprint density at radius 2 is 1.85 bits per heavy atom. The topological polar surface area (TPSA) is 88.4 Å². The Morgan fingerprint density at radius 3 is 2.65 bits per heavy atom. The number of carbonyl (C=O) groups is 1. The summed E-state index contributed by atoms with van der Waals surface area (Å²) in [5, 5.41) is 22.7. The first-order valence-electron chi connectivity index (χ1n) is 12.3. The number of unbranched alkanes of at least 4 members (excludes halogenated alkanes) is 3. The number of hydrogen-bond acceptors (Lipinski definition) is 6. The van der Waals surface area contributed by atoms with Crippen molar-refractivity contribution >= 4 is 11.5 Å². The van der Waals surface area contributed by atoms with E-state index in [-0.39, 0.29) is 17.8 Å². The maximum Gasteiger partial charge on any atom is 0.302 e. The summed E-state index contributed by atoms with van der Waals surface area (Å²) in [5.41, 5.74) is 2.42. The van der Waals surface area contributed by atoms with E-state index in [4.69, 9.17) is 9.47 Å². The van der Waals surface area contributed by atoms with Gasteiger partial charge < -0.3 is 19.7 Å². The van der Waals surface area contributed by atoms with Crippen LogP contribution in [0.2, 0.25) is 0 Å². The predicted octanol–water partition coefficient (Wildman–Crippen LogP) is 3.84. The number of phenols is 1.